The lowest BCUT2D eigenvalue weighted by Gasteiger charge is -2.13. The molecule has 0 saturated carbocycles. The van der Waals surface area contributed by atoms with Crippen molar-refractivity contribution in [3.8, 4) is 11.3 Å². The highest BCUT2D eigenvalue weighted by Crippen LogP contribution is 2.17. The summed E-state index contributed by atoms with van der Waals surface area (Å²) in [5.74, 6) is -0.924. The Morgan fingerprint density at radius 2 is 1.69 bits per heavy atom. The molecule has 0 bridgehead atoms. The standard InChI is InChI=1S/C20H19N3O3/c24-18(25)14-23-17(16-9-5-2-6-10-16)13-22-19(20(23)26)21-12-11-15-7-3-1-4-8-15/h1-10,13H,11-12,14H2,(H,21,22)(H,24,25). The zero-order chi connectivity index (χ0) is 18.4. The van der Waals surface area contributed by atoms with Crippen molar-refractivity contribution in [3.63, 3.8) is 0 Å². The average molecular weight is 349 g/mol. The highest BCUT2D eigenvalue weighted by molar-refractivity contribution is 5.69. The van der Waals surface area contributed by atoms with Gasteiger partial charge in [-0.25, -0.2) is 4.98 Å². The fraction of sp³-hybridized carbons (Fsp3) is 0.150. The first-order valence-corrected chi connectivity index (χ1v) is 8.30. The van der Waals surface area contributed by atoms with Crippen molar-refractivity contribution < 1.29 is 9.90 Å². The molecule has 0 atom stereocenters. The molecule has 0 amide bonds. The van der Waals surface area contributed by atoms with Gasteiger partial charge in [0, 0.05) is 6.54 Å². The van der Waals surface area contributed by atoms with E-state index in [0.29, 0.717) is 12.2 Å². The van der Waals surface area contributed by atoms with Gasteiger partial charge in [0.1, 0.15) is 6.54 Å². The maximum absolute atomic E-state index is 12.7. The van der Waals surface area contributed by atoms with Gasteiger partial charge in [0.25, 0.3) is 5.56 Å². The summed E-state index contributed by atoms with van der Waals surface area (Å²) in [7, 11) is 0. The number of rotatable bonds is 7. The van der Waals surface area contributed by atoms with Crippen LogP contribution in [0.4, 0.5) is 5.82 Å². The van der Waals surface area contributed by atoms with Crippen LogP contribution in [0.2, 0.25) is 0 Å². The minimum absolute atomic E-state index is 0.155. The van der Waals surface area contributed by atoms with E-state index in [4.69, 9.17) is 0 Å². The maximum atomic E-state index is 12.7. The molecule has 6 nitrogen and oxygen atoms in total. The van der Waals surface area contributed by atoms with Crippen molar-refractivity contribution in [1.29, 1.82) is 0 Å². The SMILES string of the molecule is O=C(O)Cn1c(-c2ccccc2)cnc(NCCc2ccccc2)c1=O. The molecule has 0 radical (unpaired) electrons. The molecule has 0 saturated heterocycles. The van der Waals surface area contributed by atoms with E-state index in [1.54, 1.807) is 0 Å². The Bertz CT molecular complexity index is 938. The van der Waals surface area contributed by atoms with Crippen molar-refractivity contribution in [2.24, 2.45) is 0 Å². The molecule has 2 N–H and O–H groups in total. The number of carboxylic acid groups (broad SMARTS) is 1. The molecule has 0 spiro atoms. The minimum Gasteiger partial charge on any atom is -0.480 e. The third kappa shape index (κ3) is 4.16. The second-order valence-electron chi connectivity index (χ2n) is 5.81. The van der Waals surface area contributed by atoms with Crippen LogP contribution in [-0.2, 0) is 17.8 Å². The molecule has 3 aromatic rings. The Morgan fingerprint density at radius 3 is 2.35 bits per heavy atom. The predicted molar refractivity (Wildman–Crippen MR) is 100 cm³/mol. The van der Waals surface area contributed by atoms with Gasteiger partial charge in [0.15, 0.2) is 5.82 Å². The first-order valence-electron chi connectivity index (χ1n) is 8.30. The summed E-state index contributed by atoms with van der Waals surface area (Å²) in [5, 5.41) is 12.2. The number of nitrogens with one attached hydrogen (secondary N) is 1. The highest BCUT2D eigenvalue weighted by atomic mass is 16.4. The van der Waals surface area contributed by atoms with Crippen molar-refractivity contribution in [2.75, 3.05) is 11.9 Å². The monoisotopic (exact) mass is 349 g/mol. The maximum Gasteiger partial charge on any atom is 0.323 e. The number of nitrogens with zero attached hydrogens (tertiary/aromatic N) is 2. The quantitative estimate of drug-likeness (QED) is 0.685. The molecule has 26 heavy (non-hydrogen) atoms. The van der Waals surface area contributed by atoms with Crippen LogP contribution >= 0.6 is 0 Å². The van der Waals surface area contributed by atoms with Crippen LogP contribution in [0.15, 0.2) is 71.7 Å². The van der Waals surface area contributed by atoms with E-state index < -0.39 is 18.1 Å². The zero-order valence-corrected chi connectivity index (χ0v) is 14.1. The second-order valence-corrected chi connectivity index (χ2v) is 5.81. The molecule has 2 aromatic carbocycles. The van der Waals surface area contributed by atoms with E-state index in [0.717, 1.165) is 17.5 Å². The number of anilines is 1. The van der Waals surface area contributed by atoms with E-state index >= 15 is 0 Å². The molecule has 6 heteroatoms. The second kappa shape index (κ2) is 8.11. The topological polar surface area (TPSA) is 84.2 Å². The molecule has 1 aromatic heterocycles. The lowest BCUT2D eigenvalue weighted by atomic mass is 10.1. The van der Waals surface area contributed by atoms with E-state index in [1.165, 1.54) is 10.8 Å². The van der Waals surface area contributed by atoms with Crippen LogP contribution in [-0.4, -0.2) is 27.2 Å². The molecule has 0 aliphatic heterocycles. The Labute approximate surface area is 150 Å². The molecular weight excluding hydrogens is 330 g/mol. The Hall–Kier alpha value is -3.41. The first-order chi connectivity index (χ1) is 12.6. The molecule has 3 rings (SSSR count). The van der Waals surface area contributed by atoms with E-state index in [1.807, 2.05) is 60.7 Å². The van der Waals surface area contributed by atoms with Crippen molar-refractivity contribution in [3.05, 3.63) is 82.8 Å². The molecule has 0 unspecified atom stereocenters. The molecule has 0 fully saturated rings. The molecular formula is C20H19N3O3. The van der Waals surface area contributed by atoms with Gasteiger partial charge < -0.3 is 10.4 Å². The summed E-state index contributed by atoms with van der Waals surface area (Å²) in [6.07, 6.45) is 2.27. The minimum atomic E-state index is -1.08. The summed E-state index contributed by atoms with van der Waals surface area (Å²) in [6, 6.07) is 19.0. The van der Waals surface area contributed by atoms with Crippen LogP contribution < -0.4 is 10.9 Å². The Kier molecular flexibility index (Phi) is 5.43. The number of benzene rings is 2. The summed E-state index contributed by atoms with van der Waals surface area (Å²) < 4.78 is 1.23. The van der Waals surface area contributed by atoms with Crippen LogP contribution in [0.25, 0.3) is 11.3 Å². The van der Waals surface area contributed by atoms with Crippen LogP contribution in [0.5, 0.6) is 0 Å². The van der Waals surface area contributed by atoms with Gasteiger partial charge in [-0.2, -0.15) is 0 Å². The van der Waals surface area contributed by atoms with Gasteiger partial charge in [0.2, 0.25) is 0 Å². The fourth-order valence-electron chi connectivity index (χ4n) is 2.71. The van der Waals surface area contributed by atoms with Crippen molar-refractivity contribution in [2.45, 2.75) is 13.0 Å². The summed E-state index contributed by atoms with van der Waals surface area (Å²) in [4.78, 5) is 28.1. The zero-order valence-electron chi connectivity index (χ0n) is 14.1. The third-order valence-corrected chi connectivity index (χ3v) is 3.97. The van der Waals surface area contributed by atoms with Gasteiger partial charge in [-0.1, -0.05) is 60.7 Å². The van der Waals surface area contributed by atoms with Crippen molar-refractivity contribution in [1.82, 2.24) is 9.55 Å². The number of hydrogen-bond acceptors (Lipinski definition) is 4. The van der Waals surface area contributed by atoms with Crippen LogP contribution in [0.1, 0.15) is 5.56 Å². The molecule has 0 aliphatic rings. The largest absolute Gasteiger partial charge is 0.480 e. The number of hydrogen-bond donors (Lipinski definition) is 2. The lowest BCUT2D eigenvalue weighted by molar-refractivity contribution is -0.137. The number of aliphatic carboxylic acids is 1. The summed E-state index contributed by atoms with van der Waals surface area (Å²) in [5.41, 5.74) is 1.93. The summed E-state index contributed by atoms with van der Waals surface area (Å²) >= 11 is 0. The third-order valence-electron chi connectivity index (χ3n) is 3.97. The van der Waals surface area contributed by atoms with Gasteiger partial charge in [0.05, 0.1) is 11.9 Å². The van der Waals surface area contributed by atoms with Gasteiger partial charge in [-0.3, -0.25) is 14.2 Å². The first kappa shape index (κ1) is 17.4. The number of carbonyl (C=O) groups is 1. The van der Waals surface area contributed by atoms with E-state index in [-0.39, 0.29) is 5.82 Å². The Balaban J connectivity index is 1.85. The van der Waals surface area contributed by atoms with E-state index in [2.05, 4.69) is 10.3 Å². The van der Waals surface area contributed by atoms with Crippen LogP contribution in [0, 0.1) is 0 Å². The number of aromatic nitrogens is 2. The molecule has 132 valence electrons. The average Bonchev–Trinajstić information content (AvgIpc) is 2.66. The highest BCUT2D eigenvalue weighted by Gasteiger charge is 2.14. The number of carboxylic acids is 1. The van der Waals surface area contributed by atoms with Gasteiger partial charge in [-0.15, -0.1) is 0 Å². The van der Waals surface area contributed by atoms with Gasteiger partial charge in [-0.05, 0) is 17.5 Å². The normalized spacial score (nSPS) is 10.5. The van der Waals surface area contributed by atoms with Gasteiger partial charge >= 0.3 is 5.97 Å². The fourth-order valence-corrected chi connectivity index (χ4v) is 2.71. The van der Waals surface area contributed by atoms with E-state index in [9.17, 15) is 14.7 Å². The molecule has 1 heterocycles. The Morgan fingerprint density at radius 1 is 1.04 bits per heavy atom. The smallest absolute Gasteiger partial charge is 0.323 e. The summed E-state index contributed by atoms with van der Waals surface area (Å²) in [6.45, 7) is 0.114. The predicted octanol–water partition coefficient (Wildman–Crippen LogP) is 2.65. The van der Waals surface area contributed by atoms with Crippen LogP contribution in [0.3, 0.4) is 0 Å². The van der Waals surface area contributed by atoms with Crippen molar-refractivity contribution >= 4 is 11.8 Å². The molecule has 0 aliphatic carbocycles. The lowest BCUT2D eigenvalue weighted by Crippen LogP contribution is -2.29.